The number of rotatable bonds is 10. The third-order valence-electron chi connectivity index (χ3n) is 7.63. The number of thioether (sulfide) groups is 1. The number of aliphatic hydroxyl groups excluding tert-OH is 1. The number of hydrogen-bond donors (Lipinski definition) is 4. The van der Waals surface area contributed by atoms with Crippen LogP contribution in [0.3, 0.4) is 0 Å². The maximum Gasteiger partial charge on any atom is 0.319 e. The molecule has 0 aromatic heterocycles. The first kappa shape index (κ1) is 31.1. The molecule has 1 aliphatic rings. The number of aliphatic hydroxyl groups is 1. The lowest BCUT2D eigenvalue weighted by molar-refractivity contribution is -0.147. The molecule has 3 aromatic rings. The summed E-state index contributed by atoms with van der Waals surface area (Å²) in [4.78, 5) is 41.8. The summed E-state index contributed by atoms with van der Waals surface area (Å²) >= 11 is 1.48. The third kappa shape index (κ3) is 7.72. The van der Waals surface area contributed by atoms with Crippen LogP contribution in [0.4, 0.5) is 10.5 Å². The van der Waals surface area contributed by atoms with Gasteiger partial charge in [-0.1, -0.05) is 73.7 Å². The number of benzene rings is 3. The maximum atomic E-state index is 13.8. The molecule has 0 aliphatic carbocycles. The highest BCUT2D eigenvalue weighted by Crippen LogP contribution is 2.40. The van der Waals surface area contributed by atoms with Gasteiger partial charge < -0.3 is 26.0 Å². The van der Waals surface area contributed by atoms with E-state index in [2.05, 4.69) is 16.0 Å². The number of carbonyl (C=O) groups is 3. The average molecular weight is 589 g/mol. The van der Waals surface area contributed by atoms with E-state index in [4.69, 9.17) is 0 Å². The van der Waals surface area contributed by atoms with Gasteiger partial charge >= 0.3 is 6.03 Å². The Labute approximate surface area is 252 Å². The van der Waals surface area contributed by atoms with Gasteiger partial charge in [0.15, 0.2) is 6.10 Å². The van der Waals surface area contributed by atoms with Crippen LogP contribution in [-0.4, -0.2) is 56.7 Å². The summed E-state index contributed by atoms with van der Waals surface area (Å²) in [5.41, 5.74) is 4.61. The lowest BCUT2D eigenvalue weighted by atomic mass is 9.97. The Bertz CT molecular complexity index is 1400. The quantitative estimate of drug-likeness (QED) is 0.276. The summed E-state index contributed by atoms with van der Waals surface area (Å²) in [6, 6.07) is 22.5. The second kappa shape index (κ2) is 13.9. The van der Waals surface area contributed by atoms with E-state index in [-0.39, 0.29) is 18.2 Å². The van der Waals surface area contributed by atoms with Gasteiger partial charge in [-0.3, -0.25) is 9.59 Å². The molecule has 0 unspecified atom stereocenters. The van der Waals surface area contributed by atoms with Crippen molar-refractivity contribution < 1.29 is 19.5 Å². The summed E-state index contributed by atoms with van der Waals surface area (Å²) in [5, 5.41) is 20.1. The van der Waals surface area contributed by atoms with Crippen LogP contribution in [0.5, 0.6) is 0 Å². The van der Waals surface area contributed by atoms with Crippen LogP contribution in [0.2, 0.25) is 0 Å². The largest absolute Gasteiger partial charge is 0.381 e. The zero-order valence-corrected chi connectivity index (χ0v) is 25.4. The molecule has 0 saturated carbocycles. The molecular weight excluding hydrogens is 548 g/mol. The van der Waals surface area contributed by atoms with Gasteiger partial charge in [0.25, 0.3) is 5.91 Å². The van der Waals surface area contributed by atoms with Crippen LogP contribution in [0, 0.1) is 6.92 Å². The van der Waals surface area contributed by atoms with Crippen molar-refractivity contribution in [2.45, 2.75) is 70.0 Å². The predicted octanol–water partition coefficient (Wildman–Crippen LogP) is 4.65. The van der Waals surface area contributed by atoms with E-state index in [0.717, 1.165) is 28.7 Å². The van der Waals surface area contributed by atoms with Crippen LogP contribution in [0.25, 0.3) is 0 Å². The topological polar surface area (TPSA) is 111 Å². The lowest BCUT2D eigenvalue weighted by Crippen LogP contribution is -2.59. The number of amides is 4. The second-order valence-corrected chi connectivity index (χ2v) is 12.7. The number of carbonyl (C=O) groups excluding carboxylic acids is 3. The van der Waals surface area contributed by atoms with E-state index in [9.17, 15) is 19.5 Å². The number of aryl methyl sites for hydroxylation is 2. The fourth-order valence-electron chi connectivity index (χ4n) is 5.16. The summed E-state index contributed by atoms with van der Waals surface area (Å²) in [5.74, 6) is -0.632. The first-order valence-electron chi connectivity index (χ1n) is 14.2. The predicted molar refractivity (Wildman–Crippen MR) is 168 cm³/mol. The highest BCUT2D eigenvalue weighted by atomic mass is 32.2. The van der Waals surface area contributed by atoms with Crippen molar-refractivity contribution in [2.24, 2.45) is 0 Å². The van der Waals surface area contributed by atoms with E-state index in [0.29, 0.717) is 12.2 Å². The van der Waals surface area contributed by atoms with Gasteiger partial charge in [-0.15, -0.1) is 11.8 Å². The zero-order valence-electron chi connectivity index (χ0n) is 24.6. The molecular formula is C33H40N4O4S. The fourth-order valence-corrected chi connectivity index (χ4v) is 6.30. The number of hydrogen-bond acceptors (Lipinski definition) is 5. The molecule has 1 aliphatic heterocycles. The number of urea groups is 1. The number of anilines is 1. The molecule has 8 nitrogen and oxygen atoms in total. The van der Waals surface area contributed by atoms with Crippen molar-refractivity contribution in [3.05, 3.63) is 101 Å². The highest BCUT2D eigenvalue weighted by Gasteiger charge is 2.49. The molecule has 0 spiro atoms. The van der Waals surface area contributed by atoms with E-state index in [1.165, 1.54) is 16.7 Å². The first-order chi connectivity index (χ1) is 20.1. The van der Waals surface area contributed by atoms with E-state index in [1.807, 2.05) is 100 Å². The normalized spacial score (nSPS) is 17.3. The van der Waals surface area contributed by atoms with Gasteiger partial charge in [0.05, 0.1) is 11.9 Å². The van der Waals surface area contributed by atoms with Gasteiger partial charge in [-0.2, -0.15) is 0 Å². The Morgan fingerprint density at radius 3 is 2.40 bits per heavy atom. The van der Waals surface area contributed by atoms with Crippen LogP contribution in [0.1, 0.15) is 43.0 Å². The first-order valence-corrected chi connectivity index (χ1v) is 15.2. The standard InChI is InChI=1S/C33H40N4O4S/c1-5-23-15-11-17-26(18-23)35-32(41)36-27(19-24-13-7-6-8-14-24)28(38)31(40)37-21-42-33(3,4)29(37)30(39)34-20-25-16-10-9-12-22(25)2/h6-18,27-29,38H,5,19-21H2,1-4H3,(H,34,39)(H2,35,36,41)/t27-,28-,29+/m0/s1. The van der Waals surface area contributed by atoms with E-state index in [1.54, 1.807) is 6.07 Å². The van der Waals surface area contributed by atoms with Crippen molar-refractivity contribution >= 4 is 35.3 Å². The molecule has 0 radical (unpaired) electrons. The number of nitrogens with one attached hydrogen (secondary N) is 3. The molecule has 1 saturated heterocycles. The molecule has 4 N–H and O–H groups in total. The van der Waals surface area contributed by atoms with Crippen molar-refractivity contribution in [3.63, 3.8) is 0 Å². The molecule has 3 aromatic carbocycles. The Morgan fingerprint density at radius 2 is 1.69 bits per heavy atom. The lowest BCUT2D eigenvalue weighted by Gasteiger charge is -2.33. The smallest absolute Gasteiger partial charge is 0.319 e. The van der Waals surface area contributed by atoms with Crippen molar-refractivity contribution in [3.8, 4) is 0 Å². The van der Waals surface area contributed by atoms with Crippen molar-refractivity contribution in [1.29, 1.82) is 0 Å². The Kier molecular flexibility index (Phi) is 10.3. The summed E-state index contributed by atoms with van der Waals surface area (Å²) < 4.78 is -0.574. The Balaban J connectivity index is 1.51. The third-order valence-corrected chi connectivity index (χ3v) is 9.01. The van der Waals surface area contributed by atoms with Gasteiger partial charge in [-0.05, 0) is 68.0 Å². The monoisotopic (exact) mass is 588 g/mol. The summed E-state index contributed by atoms with van der Waals surface area (Å²) in [6.45, 7) is 8.20. The van der Waals surface area contributed by atoms with Crippen molar-refractivity contribution in [1.82, 2.24) is 15.5 Å². The molecule has 222 valence electrons. The highest BCUT2D eigenvalue weighted by molar-refractivity contribution is 8.00. The van der Waals surface area contributed by atoms with E-state index < -0.39 is 34.9 Å². The van der Waals surface area contributed by atoms with Gasteiger partial charge in [0.2, 0.25) is 5.91 Å². The molecule has 4 amide bonds. The molecule has 9 heteroatoms. The van der Waals surface area contributed by atoms with Gasteiger partial charge in [0.1, 0.15) is 6.04 Å². The number of nitrogens with zero attached hydrogens (tertiary/aromatic N) is 1. The second-order valence-electron chi connectivity index (χ2n) is 11.1. The van der Waals surface area contributed by atoms with E-state index >= 15 is 0 Å². The molecule has 0 bridgehead atoms. The SMILES string of the molecule is CCc1cccc(NC(=O)N[C@@H](Cc2ccccc2)[C@H](O)C(=O)N2CSC(C)(C)[C@H]2C(=O)NCc2ccccc2C)c1. The minimum Gasteiger partial charge on any atom is -0.381 e. The molecule has 1 fully saturated rings. The average Bonchev–Trinajstić information content (AvgIpc) is 3.30. The van der Waals surface area contributed by atoms with Crippen molar-refractivity contribution in [2.75, 3.05) is 11.2 Å². The summed E-state index contributed by atoms with van der Waals surface area (Å²) in [7, 11) is 0. The minimum absolute atomic E-state index is 0.227. The van der Waals surface area contributed by atoms with Gasteiger partial charge in [-0.25, -0.2) is 4.79 Å². The molecule has 42 heavy (non-hydrogen) atoms. The molecule has 4 rings (SSSR count). The minimum atomic E-state index is -1.57. The Hall–Kier alpha value is -3.82. The van der Waals surface area contributed by atoms with Crippen LogP contribution in [-0.2, 0) is 29.0 Å². The van der Waals surface area contributed by atoms with Crippen LogP contribution in [0.15, 0.2) is 78.9 Å². The van der Waals surface area contributed by atoms with Crippen LogP contribution >= 0.6 is 11.8 Å². The molecule has 1 heterocycles. The van der Waals surface area contributed by atoms with Crippen LogP contribution < -0.4 is 16.0 Å². The fraction of sp³-hybridized carbons (Fsp3) is 0.364. The maximum absolute atomic E-state index is 13.8. The van der Waals surface area contributed by atoms with Gasteiger partial charge in [0, 0.05) is 17.0 Å². The molecule has 3 atom stereocenters. The zero-order chi connectivity index (χ0) is 30.3. The Morgan fingerprint density at radius 1 is 1.00 bits per heavy atom. The summed E-state index contributed by atoms with van der Waals surface area (Å²) in [6.07, 6.45) is -0.519.